The number of ether oxygens (including phenoxy) is 1. The van der Waals surface area contributed by atoms with Crippen LogP contribution < -0.4 is 5.32 Å². The summed E-state index contributed by atoms with van der Waals surface area (Å²) in [5.74, 6) is 0. The summed E-state index contributed by atoms with van der Waals surface area (Å²) >= 11 is 0. The molecule has 0 bridgehead atoms. The first kappa shape index (κ1) is 13.9. The zero-order valence-corrected chi connectivity index (χ0v) is 11.2. The van der Waals surface area contributed by atoms with Crippen LogP contribution in [0.3, 0.4) is 0 Å². The fraction of sp³-hybridized carbons (Fsp3) is 1.00. The van der Waals surface area contributed by atoms with Gasteiger partial charge in [0.2, 0.25) is 0 Å². The van der Waals surface area contributed by atoms with E-state index >= 15 is 0 Å². The lowest BCUT2D eigenvalue weighted by Crippen LogP contribution is -2.40. The van der Waals surface area contributed by atoms with Crippen LogP contribution in [0.4, 0.5) is 0 Å². The molecule has 0 radical (unpaired) electrons. The molecule has 1 aliphatic rings. The largest absolute Gasteiger partial charge is 0.377 e. The average molecular weight is 228 g/mol. The molecular weight excluding hydrogens is 200 g/mol. The first-order chi connectivity index (χ1) is 7.74. The van der Waals surface area contributed by atoms with Crippen molar-refractivity contribution in [1.82, 2.24) is 10.2 Å². The third-order valence-corrected chi connectivity index (χ3v) is 3.38. The zero-order chi connectivity index (χ0) is 11.8. The van der Waals surface area contributed by atoms with Crippen molar-refractivity contribution in [2.75, 3.05) is 33.3 Å². The van der Waals surface area contributed by atoms with E-state index in [-0.39, 0.29) is 0 Å². The molecule has 96 valence electrons. The van der Waals surface area contributed by atoms with Gasteiger partial charge in [-0.1, -0.05) is 13.3 Å². The van der Waals surface area contributed by atoms with Crippen molar-refractivity contribution < 1.29 is 4.74 Å². The quantitative estimate of drug-likeness (QED) is 0.686. The van der Waals surface area contributed by atoms with E-state index in [0.29, 0.717) is 12.1 Å². The molecule has 1 saturated heterocycles. The fourth-order valence-electron chi connectivity index (χ4n) is 2.15. The highest BCUT2D eigenvalue weighted by atomic mass is 16.5. The number of hydrogen-bond donors (Lipinski definition) is 1. The van der Waals surface area contributed by atoms with Crippen LogP contribution in [-0.4, -0.2) is 50.3 Å². The van der Waals surface area contributed by atoms with Crippen LogP contribution in [0, 0.1) is 0 Å². The number of hydrogen-bond acceptors (Lipinski definition) is 3. The van der Waals surface area contributed by atoms with Gasteiger partial charge in [0, 0.05) is 25.7 Å². The van der Waals surface area contributed by atoms with Crippen LogP contribution in [0.15, 0.2) is 0 Å². The molecule has 0 aromatic carbocycles. The second-order valence-corrected chi connectivity index (χ2v) is 4.95. The maximum Gasteiger partial charge on any atom is 0.0726 e. The third-order valence-electron chi connectivity index (χ3n) is 3.38. The maximum absolute atomic E-state index is 5.66. The van der Waals surface area contributed by atoms with Gasteiger partial charge in [-0.2, -0.15) is 0 Å². The van der Waals surface area contributed by atoms with Gasteiger partial charge in [0.1, 0.15) is 0 Å². The first-order valence-corrected chi connectivity index (χ1v) is 6.77. The molecule has 1 aliphatic heterocycles. The molecule has 1 heterocycles. The minimum absolute atomic E-state index is 0.445. The molecule has 0 aromatic heterocycles. The normalized spacial score (nSPS) is 22.9. The second kappa shape index (κ2) is 8.04. The third kappa shape index (κ3) is 5.28. The van der Waals surface area contributed by atoms with E-state index in [1.54, 1.807) is 0 Å². The molecule has 16 heavy (non-hydrogen) atoms. The van der Waals surface area contributed by atoms with Gasteiger partial charge in [0.15, 0.2) is 0 Å². The van der Waals surface area contributed by atoms with Crippen molar-refractivity contribution in [2.45, 2.75) is 51.7 Å². The standard InChI is InChI=1S/C13H28N2O/c1-4-5-9-15(3)10-8-14-12(2)13-7-6-11-16-13/h12-14H,4-11H2,1-3H3. The van der Waals surface area contributed by atoms with Crippen LogP contribution in [0.5, 0.6) is 0 Å². The van der Waals surface area contributed by atoms with Crippen molar-refractivity contribution in [2.24, 2.45) is 0 Å². The van der Waals surface area contributed by atoms with Gasteiger partial charge in [-0.25, -0.2) is 0 Å². The van der Waals surface area contributed by atoms with E-state index in [1.165, 1.54) is 32.2 Å². The SMILES string of the molecule is CCCCN(C)CCNC(C)C1CCCO1. The van der Waals surface area contributed by atoms with Crippen LogP contribution in [0.25, 0.3) is 0 Å². The molecule has 0 saturated carbocycles. The highest BCUT2D eigenvalue weighted by Crippen LogP contribution is 2.14. The Balaban J connectivity index is 2.00. The van der Waals surface area contributed by atoms with Crippen molar-refractivity contribution in [1.29, 1.82) is 0 Å². The Kier molecular flexibility index (Phi) is 7.01. The molecule has 0 spiro atoms. The molecule has 0 aliphatic carbocycles. The lowest BCUT2D eigenvalue weighted by molar-refractivity contribution is 0.0829. The van der Waals surface area contributed by atoms with E-state index in [2.05, 4.69) is 31.1 Å². The summed E-state index contributed by atoms with van der Waals surface area (Å²) in [5, 5.41) is 3.57. The van der Waals surface area contributed by atoms with Crippen molar-refractivity contribution in [3.63, 3.8) is 0 Å². The monoisotopic (exact) mass is 228 g/mol. The summed E-state index contributed by atoms with van der Waals surface area (Å²) in [6.07, 6.45) is 5.48. The molecular formula is C13H28N2O. The molecule has 1 N–H and O–H groups in total. The van der Waals surface area contributed by atoms with E-state index in [0.717, 1.165) is 19.7 Å². The molecule has 3 heteroatoms. The Morgan fingerprint density at radius 1 is 1.44 bits per heavy atom. The Bertz CT molecular complexity index is 169. The lowest BCUT2D eigenvalue weighted by atomic mass is 10.1. The zero-order valence-electron chi connectivity index (χ0n) is 11.2. The molecule has 0 aromatic rings. The summed E-state index contributed by atoms with van der Waals surface area (Å²) < 4.78 is 5.66. The van der Waals surface area contributed by atoms with Gasteiger partial charge in [0.05, 0.1) is 6.10 Å². The minimum Gasteiger partial charge on any atom is -0.377 e. The predicted molar refractivity (Wildman–Crippen MR) is 68.8 cm³/mol. The van der Waals surface area contributed by atoms with Crippen LogP contribution in [-0.2, 0) is 4.74 Å². The summed E-state index contributed by atoms with van der Waals surface area (Å²) in [5.41, 5.74) is 0. The van der Waals surface area contributed by atoms with Crippen molar-refractivity contribution in [3.05, 3.63) is 0 Å². The van der Waals surface area contributed by atoms with Crippen LogP contribution >= 0.6 is 0 Å². The average Bonchev–Trinajstić information content (AvgIpc) is 2.79. The van der Waals surface area contributed by atoms with E-state index in [4.69, 9.17) is 4.74 Å². The highest BCUT2D eigenvalue weighted by Gasteiger charge is 2.21. The van der Waals surface area contributed by atoms with Gasteiger partial charge < -0.3 is 15.0 Å². The van der Waals surface area contributed by atoms with Gasteiger partial charge in [-0.15, -0.1) is 0 Å². The topological polar surface area (TPSA) is 24.5 Å². The molecule has 1 fully saturated rings. The number of unbranched alkanes of at least 4 members (excludes halogenated alkanes) is 1. The number of nitrogens with zero attached hydrogens (tertiary/aromatic N) is 1. The number of nitrogens with one attached hydrogen (secondary N) is 1. The predicted octanol–water partition coefficient (Wildman–Crippen LogP) is 1.88. The van der Waals surface area contributed by atoms with Gasteiger partial charge >= 0.3 is 0 Å². The van der Waals surface area contributed by atoms with E-state index in [9.17, 15) is 0 Å². The summed E-state index contributed by atoms with van der Waals surface area (Å²) in [7, 11) is 2.20. The molecule has 2 atom stereocenters. The van der Waals surface area contributed by atoms with Crippen molar-refractivity contribution in [3.8, 4) is 0 Å². The van der Waals surface area contributed by atoms with Gasteiger partial charge in [0.25, 0.3) is 0 Å². The Labute approximate surface area is 101 Å². The molecule has 0 amide bonds. The van der Waals surface area contributed by atoms with Crippen LogP contribution in [0.1, 0.15) is 39.5 Å². The maximum atomic E-state index is 5.66. The van der Waals surface area contributed by atoms with Crippen LogP contribution in [0.2, 0.25) is 0 Å². The second-order valence-electron chi connectivity index (χ2n) is 4.95. The van der Waals surface area contributed by atoms with E-state index in [1.807, 2.05) is 0 Å². The summed E-state index contributed by atoms with van der Waals surface area (Å²) in [6.45, 7) is 8.85. The number of likely N-dealkylation sites (N-methyl/N-ethyl adjacent to an activating group) is 1. The highest BCUT2D eigenvalue weighted by molar-refractivity contribution is 4.76. The molecule has 3 nitrogen and oxygen atoms in total. The Morgan fingerprint density at radius 2 is 2.25 bits per heavy atom. The van der Waals surface area contributed by atoms with E-state index < -0.39 is 0 Å². The smallest absolute Gasteiger partial charge is 0.0726 e. The fourth-order valence-corrected chi connectivity index (χ4v) is 2.15. The Morgan fingerprint density at radius 3 is 2.88 bits per heavy atom. The van der Waals surface area contributed by atoms with Gasteiger partial charge in [-0.05, 0) is 39.8 Å². The van der Waals surface area contributed by atoms with Crippen molar-refractivity contribution >= 4 is 0 Å². The summed E-state index contributed by atoms with van der Waals surface area (Å²) in [6, 6.07) is 0.502. The minimum atomic E-state index is 0.445. The Hall–Kier alpha value is -0.120. The lowest BCUT2D eigenvalue weighted by Gasteiger charge is -2.22. The van der Waals surface area contributed by atoms with Gasteiger partial charge in [-0.3, -0.25) is 0 Å². The number of rotatable bonds is 8. The molecule has 2 unspecified atom stereocenters. The molecule has 1 rings (SSSR count). The first-order valence-electron chi connectivity index (χ1n) is 6.77. The summed E-state index contributed by atoms with van der Waals surface area (Å²) in [4.78, 5) is 2.40.